The second kappa shape index (κ2) is 6.84. The summed E-state index contributed by atoms with van der Waals surface area (Å²) >= 11 is 0. The zero-order chi connectivity index (χ0) is 21.0. The van der Waals surface area contributed by atoms with E-state index in [0.717, 1.165) is 17.4 Å². The molecular formula is C24H28O5. The van der Waals surface area contributed by atoms with Crippen molar-refractivity contribution >= 4 is 16.8 Å². The summed E-state index contributed by atoms with van der Waals surface area (Å²) in [5, 5.41) is 11.4. The second-order valence-electron chi connectivity index (χ2n) is 9.42. The zero-order valence-electron chi connectivity index (χ0n) is 17.4. The monoisotopic (exact) mass is 396 g/mol. The van der Waals surface area contributed by atoms with Crippen molar-refractivity contribution in [2.24, 2.45) is 22.7 Å². The average molecular weight is 396 g/mol. The minimum atomic E-state index is -0.485. The third-order valence-corrected chi connectivity index (χ3v) is 7.23. The summed E-state index contributed by atoms with van der Waals surface area (Å²) in [5.74, 6) is 0.561. The minimum absolute atomic E-state index is 0.0652. The molecule has 0 saturated heterocycles. The van der Waals surface area contributed by atoms with Gasteiger partial charge in [0.1, 0.15) is 11.3 Å². The second-order valence-corrected chi connectivity index (χ2v) is 9.42. The van der Waals surface area contributed by atoms with E-state index in [1.807, 2.05) is 32.9 Å². The Morgan fingerprint density at radius 2 is 1.90 bits per heavy atom. The van der Waals surface area contributed by atoms with E-state index in [4.69, 9.17) is 9.15 Å². The summed E-state index contributed by atoms with van der Waals surface area (Å²) in [6.07, 6.45) is 2.71. The van der Waals surface area contributed by atoms with Crippen LogP contribution in [0.3, 0.4) is 0 Å². The normalized spacial score (nSPS) is 31.3. The number of carbonyl (C=O) groups is 1. The van der Waals surface area contributed by atoms with Gasteiger partial charge in [0.25, 0.3) is 0 Å². The number of ether oxygens (including phenoxy) is 1. The molecule has 1 saturated carbocycles. The van der Waals surface area contributed by atoms with Crippen LogP contribution in [0.25, 0.3) is 11.0 Å². The van der Waals surface area contributed by atoms with Gasteiger partial charge in [0.15, 0.2) is 5.78 Å². The highest BCUT2D eigenvalue weighted by Gasteiger charge is 2.58. The topological polar surface area (TPSA) is 76.7 Å². The summed E-state index contributed by atoms with van der Waals surface area (Å²) in [6.45, 7) is 8.57. The Morgan fingerprint density at radius 1 is 1.17 bits per heavy atom. The van der Waals surface area contributed by atoms with Crippen LogP contribution in [0, 0.1) is 22.7 Å². The first-order chi connectivity index (χ1) is 13.6. The zero-order valence-corrected chi connectivity index (χ0v) is 17.4. The molecule has 4 atom stereocenters. The van der Waals surface area contributed by atoms with Gasteiger partial charge in [-0.2, -0.15) is 0 Å². The predicted molar refractivity (Wildman–Crippen MR) is 111 cm³/mol. The molecule has 1 heterocycles. The Bertz CT molecular complexity index is 1050. The Kier molecular flexibility index (Phi) is 4.69. The van der Waals surface area contributed by atoms with Gasteiger partial charge in [0.2, 0.25) is 0 Å². The van der Waals surface area contributed by atoms with Gasteiger partial charge in [0, 0.05) is 34.8 Å². The minimum Gasteiger partial charge on any atom is -0.493 e. The van der Waals surface area contributed by atoms with Crippen LogP contribution in [0.1, 0.15) is 40.5 Å². The summed E-state index contributed by atoms with van der Waals surface area (Å²) < 4.78 is 11.4. The van der Waals surface area contributed by atoms with Crippen LogP contribution >= 0.6 is 0 Å². The maximum absolute atomic E-state index is 12.9. The molecule has 0 bridgehead atoms. The third kappa shape index (κ3) is 3.21. The van der Waals surface area contributed by atoms with Gasteiger partial charge in [-0.3, -0.25) is 4.79 Å². The SMILES string of the molecule is CC1=CC(=O)[C@@H]2C(C)(C)[C@H](O)CC[C@@]2(C)[C@@H]1COc1ccc2ccc(=O)oc2c1. The van der Waals surface area contributed by atoms with E-state index in [-0.39, 0.29) is 23.0 Å². The lowest BCUT2D eigenvalue weighted by Gasteiger charge is -2.57. The van der Waals surface area contributed by atoms with Crippen molar-refractivity contribution in [3.05, 3.63) is 52.4 Å². The van der Waals surface area contributed by atoms with Crippen molar-refractivity contribution in [3.8, 4) is 5.75 Å². The third-order valence-electron chi connectivity index (χ3n) is 7.23. The fourth-order valence-electron chi connectivity index (χ4n) is 5.63. The number of carbonyl (C=O) groups excluding carboxylic acids is 1. The molecule has 29 heavy (non-hydrogen) atoms. The molecule has 2 aromatic rings. The molecule has 1 N–H and O–H groups in total. The molecule has 154 valence electrons. The van der Waals surface area contributed by atoms with Crippen molar-refractivity contribution < 1.29 is 19.1 Å². The van der Waals surface area contributed by atoms with Gasteiger partial charge in [-0.15, -0.1) is 0 Å². The van der Waals surface area contributed by atoms with Crippen molar-refractivity contribution in [2.45, 2.75) is 46.6 Å². The average Bonchev–Trinajstić information content (AvgIpc) is 2.64. The molecule has 4 rings (SSSR count). The van der Waals surface area contributed by atoms with Crippen molar-refractivity contribution in [2.75, 3.05) is 6.61 Å². The Balaban J connectivity index is 1.63. The number of ketones is 1. The number of rotatable bonds is 3. The summed E-state index contributed by atoms with van der Waals surface area (Å²) in [4.78, 5) is 24.4. The highest BCUT2D eigenvalue weighted by molar-refractivity contribution is 5.95. The van der Waals surface area contributed by atoms with Crippen molar-refractivity contribution in [1.29, 1.82) is 0 Å². The fraction of sp³-hybridized carbons (Fsp3) is 0.500. The van der Waals surface area contributed by atoms with Gasteiger partial charge in [-0.05, 0) is 49.5 Å². The first-order valence-corrected chi connectivity index (χ1v) is 10.2. The maximum Gasteiger partial charge on any atom is 0.336 e. The quantitative estimate of drug-likeness (QED) is 0.790. The standard InChI is InChI=1S/C24H28O5/c1-14-11-18(25)22-23(2,3)20(26)9-10-24(22,4)17(14)13-28-16-7-5-15-6-8-21(27)29-19(15)12-16/h5-8,11-12,17,20,22,26H,9-10,13H2,1-4H3/t17-,20-,22-,24+/m1/s1. The lowest BCUT2D eigenvalue weighted by molar-refractivity contribution is -0.152. The van der Waals surface area contributed by atoms with E-state index < -0.39 is 17.1 Å². The van der Waals surface area contributed by atoms with Crippen LogP contribution in [0.4, 0.5) is 0 Å². The van der Waals surface area contributed by atoms with Gasteiger partial charge >= 0.3 is 5.63 Å². The van der Waals surface area contributed by atoms with Crippen LogP contribution < -0.4 is 10.4 Å². The Hall–Kier alpha value is -2.40. The van der Waals surface area contributed by atoms with Crippen LogP contribution in [0.15, 0.2) is 51.2 Å². The molecule has 0 amide bonds. The molecule has 1 fully saturated rings. The molecule has 5 nitrogen and oxygen atoms in total. The van der Waals surface area contributed by atoms with E-state index in [1.54, 1.807) is 18.2 Å². The number of allylic oxidation sites excluding steroid dienone is 1. The van der Waals surface area contributed by atoms with Gasteiger partial charge < -0.3 is 14.3 Å². The number of hydrogen-bond acceptors (Lipinski definition) is 5. The van der Waals surface area contributed by atoms with E-state index in [0.29, 0.717) is 24.4 Å². The molecule has 1 aromatic carbocycles. The smallest absolute Gasteiger partial charge is 0.336 e. The number of hydrogen-bond donors (Lipinski definition) is 1. The van der Waals surface area contributed by atoms with E-state index in [1.165, 1.54) is 6.07 Å². The fourth-order valence-corrected chi connectivity index (χ4v) is 5.63. The molecular weight excluding hydrogens is 368 g/mol. The molecule has 0 aliphatic heterocycles. The Morgan fingerprint density at radius 3 is 2.66 bits per heavy atom. The largest absolute Gasteiger partial charge is 0.493 e. The molecule has 0 unspecified atom stereocenters. The maximum atomic E-state index is 12.9. The van der Waals surface area contributed by atoms with E-state index in [2.05, 4.69) is 6.92 Å². The molecule has 0 radical (unpaired) electrons. The van der Waals surface area contributed by atoms with Crippen LogP contribution in [0.5, 0.6) is 5.75 Å². The number of aliphatic hydroxyl groups excluding tert-OH is 1. The lowest BCUT2D eigenvalue weighted by atomic mass is 9.47. The van der Waals surface area contributed by atoms with Gasteiger partial charge in [-0.1, -0.05) is 26.3 Å². The molecule has 0 spiro atoms. The first-order valence-electron chi connectivity index (χ1n) is 10.2. The highest BCUT2D eigenvalue weighted by Crippen LogP contribution is 2.58. The number of fused-ring (bicyclic) bond motifs is 2. The highest BCUT2D eigenvalue weighted by atomic mass is 16.5. The number of aliphatic hydroxyl groups is 1. The van der Waals surface area contributed by atoms with Gasteiger partial charge in [0.05, 0.1) is 12.7 Å². The number of benzene rings is 1. The summed E-state index contributed by atoms with van der Waals surface area (Å²) in [5.41, 5.74) is 0.367. The van der Waals surface area contributed by atoms with E-state index in [9.17, 15) is 14.7 Å². The summed E-state index contributed by atoms with van der Waals surface area (Å²) in [7, 11) is 0. The Labute approximate surface area is 170 Å². The van der Waals surface area contributed by atoms with Crippen LogP contribution in [0.2, 0.25) is 0 Å². The molecule has 2 aliphatic carbocycles. The van der Waals surface area contributed by atoms with Crippen molar-refractivity contribution in [1.82, 2.24) is 0 Å². The van der Waals surface area contributed by atoms with Crippen LogP contribution in [-0.4, -0.2) is 23.6 Å². The summed E-state index contributed by atoms with van der Waals surface area (Å²) in [6, 6.07) is 8.59. The molecule has 2 aliphatic rings. The molecule has 1 aromatic heterocycles. The van der Waals surface area contributed by atoms with Crippen molar-refractivity contribution in [3.63, 3.8) is 0 Å². The van der Waals surface area contributed by atoms with E-state index >= 15 is 0 Å². The first kappa shape index (κ1) is 19.9. The predicted octanol–water partition coefficient (Wildman–Crippen LogP) is 4.12. The lowest BCUT2D eigenvalue weighted by Crippen LogP contribution is -2.58. The van der Waals surface area contributed by atoms with Gasteiger partial charge in [-0.25, -0.2) is 4.79 Å². The molecule has 5 heteroatoms. The van der Waals surface area contributed by atoms with Crippen LogP contribution in [-0.2, 0) is 4.79 Å².